The Labute approximate surface area is 129 Å². The van der Waals surface area contributed by atoms with E-state index in [-0.39, 0.29) is 23.5 Å². The summed E-state index contributed by atoms with van der Waals surface area (Å²) in [7, 11) is 1.24. The van der Waals surface area contributed by atoms with Crippen LogP contribution in [-0.2, 0) is 20.9 Å². The molecule has 0 saturated carbocycles. The number of rotatable bonds is 4. The van der Waals surface area contributed by atoms with Gasteiger partial charge < -0.3 is 14.7 Å². The molecule has 22 heavy (non-hydrogen) atoms. The summed E-state index contributed by atoms with van der Waals surface area (Å²) in [4.78, 5) is 37.3. The molecule has 1 amide bonds. The minimum atomic E-state index is -1.05. The molecule has 118 valence electrons. The molecule has 9 nitrogen and oxygen atoms in total. The summed E-state index contributed by atoms with van der Waals surface area (Å²) < 4.78 is 3.79. The predicted molar refractivity (Wildman–Crippen MR) is 74.0 cm³/mol. The molecule has 1 N–H and O–H groups in total. The number of thioether (sulfide) groups is 1. The Balaban J connectivity index is 1.83. The second-order valence-corrected chi connectivity index (χ2v) is 7.10. The summed E-state index contributed by atoms with van der Waals surface area (Å²) in [6, 6.07) is -0.934. The zero-order valence-electron chi connectivity index (χ0n) is 11.9. The Hall–Kier alpha value is -2.10. The fourth-order valence-corrected chi connectivity index (χ4v) is 4.57. The van der Waals surface area contributed by atoms with Crippen molar-refractivity contribution in [3.05, 3.63) is 11.9 Å². The van der Waals surface area contributed by atoms with Crippen LogP contribution in [0.4, 0.5) is 0 Å². The van der Waals surface area contributed by atoms with Gasteiger partial charge in [0.15, 0.2) is 5.69 Å². The molecular formula is C12H14N4O5S. The summed E-state index contributed by atoms with van der Waals surface area (Å²) in [5.41, 5.74) is 0.0559. The average Bonchev–Trinajstić information content (AvgIpc) is 2.99. The third-order valence-corrected chi connectivity index (χ3v) is 5.39. The number of methoxy groups -OCH3 is 1. The molecule has 3 heterocycles. The minimum Gasteiger partial charge on any atom is -0.480 e. The maximum atomic E-state index is 11.6. The number of esters is 1. The highest BCUT2D eigenvalue weighted by atomic mass is 32.2. The van der Waals surface area contributed by atoms with E-state index in [4.69, 9.17) is 0 Å². The number of aromatic nitrogens is 3. The lowest BCUT2D eigenvalue weighted by Crippen LogP contribution is -2.58. The van der Waals surface area contributed by atoms with Crippen LogP contribution in [0.2, 0.25) is 0 Å². The van der Waals surface area contributed by atoms with Crippen molar-refractivity contribution < 1.29 is 24.2 Å². The van der Waals surface area contributed by atoms with E-state index in [1.54, 1.807) is 6.92 Å². The number of carbonyl (C=O) groups is 3. The first-order chi connectivity index (χ1) is 10.4. The molecule has 0 aliphatic carbocycles. The molecule has 2 aliphatic rings. The molecule has 0 spiro atoms. The second kappa shape index (κ2) is 4.97. The third kappa shape index (κ3) is 2.14. The number of carboxylic acid groups (broad SMARTS) is 1. The highest BCUT2D eigenvalue weighted by Crippen LogP contribution is 2.51. The molecule has 1 aromatic rings. The zero-order chi connectivity index (χ0) is 16.1. The van der Waals surface area contributed by atoms with Crippen LogP contribution in [0, 0.1) is 0 Å². The Morgan fingerprint density at radius 1 is 1.59 bits per heavy atom. The van der Waals surface area contributed by atoms with Crippen LogP contribution in [0.5, 0.6) is 0 Å². The number of β-lactam (4-membered cyclic amide) rings is 1. The van der Waals surface area contributed by atoms with Crippen LogP contribution in [0.1, 0.15) is 23.8 Å². The van der Waals surface area contributed by atoms with E-state index in [9.17, 15) is 19.5 Å². The van der Waals surface area contributed by atoms with Crippen LogP contribution in [0.25, 0.3) is 0 Å². The highest BCUT2D eigenvalue weighted by molar-refractivity contribution is 8.01. The van der Waals surface area contributed by atoms with Crippen molar-refractivity contribution in [2.45, 2.75) is 36.1 Å². The van der Waals surface area contributed by atoms with Crippen molar-refractivity contribution in [1.82, 2.24) is 19.9 Å². The molecule has 2 fully saturated rings. The summed E-state index contributed by atoms with van der Waals surface area (Å²) in [6.45, 7) is 1.94. The summed E-state index contributed by atoms with van der Waals surface area (Å²) in [5, 5.41) is 17.3. The molecule has 10 heteroatoms. The van der Waals surface area contributed by atoms with Gasteiger partial charge in [-0.1, -0.05) is 0 Å². The first-order valence-electron chi connectivity index (χ1n) is 6.56. The number of hydrogen-bond acceptors (Lipinski definition) is 7. The van der Waals surface area contributed by atoms with Crippen molar-refractivity contribution in [2.24, 2.45) is 0 Å². The second-order valence-electron chi connectivity index (χ2n) is 5.38. The number of fused-ring (bicyclic) bond motifs is 1. The Kier molecular flexibility index (Phi) is 3.35. The molecule has 3 rings (SSSR count). The smallest absolute Gasteiger partial charge is 0.360 e. The van der Waals surface area contributed by atoms with Gasteiger partial charge in [-0.2, -0.15) is 9.90 Å². The van der Waals surface area contributed by atoms with E-state index in [0.717, 1.165) is 0 Å². The van der Waals surface area contributed by atoms with Gasteiger partial charge in [-0.25, -0.2) is 9.59 Å². The molecule has 0 aromatic carbocycles. The Morgan fingerprint density at radius 2 is 2.32 bits per heavy atom. The Morgan fingerprint density at radius 3 is 2.91 bits per heavy atom. The normalized spacial score (nSPS) is 29.9. The van der Waals surface area contributed by atoms with Crippen LogP contribution in [0.15, 0.2) is 6.20 Å². The fraction of sp³-hybridized carbons (Fsp3) is 0.583. The van der Waals surface area contributed by atoms with Gasteiger partial charge in [0.25, 0.3) is 0 Å². The van der Waals surface area contributed by atoms with E-state index in [2.05, 4.69) is 14.9 Å². The fourth-order valence-electron chi connectivity index (χ4n) is 2.84. The van der Waals surface area contributed by atoms with Gasteiger partial charge in [-0.15, -0.1) is 16.9 Å². The monoisotopic (exact) mass is 326 g/mol. The molecule has 1 aromatic heterocycles. The minimum absolute atomic E-state index is 0.0559. The molecule has 2 aliphatic heterocycles. The van der Waals surface area contributed by atoms with Crippen molar-refractivity contribution in [1.29, 1.82) is 0 Å². The van der Waals surface area contributed by atoms with E-state index >= 15 is 0 Å². The number of carboxylic acids is 1. The lowest BCUT2D eigenvalue weighted by Gasteiger charge is -2.36. The molecule has 3 atom stereocenters. The van der Waals surface area contributed by atoms with Gasteiger partial charge in [-0.05, 0) is 6.92 Å². The largest absolute Gasteiger partial charge is 0.480 e. The topological polar surface area (TPSA) is 115 Å². The van der Waals surface area contributed by atoms with Gasteiger partial charge in [0.05, 0.1) is 36.4 Å². The standard InChI is InChI=1S/C12H14N4O5S/c1-12(5-15-13-4-6(14-15)11(20)21-2)9(10(18)19)16-7(17)3-8(16)22-12/h4,8-9H,3,5H2,1-2H3,(H,18,19). The SMILES string of the molecule is COC(=O)c1cnn(CC2(C)SC3CC(=O)N3C2C(=O)O)n1. The van der Waals surface area contributed by atoms with Crippen molar-refractivity contribution >= 4 is 29.6 Å². The summed E-state index contributed by atoms with van der Waals surface area (Å²) in [6.07, 6.45) is 1.62. The number of aliphatic carboxylic acids is 1. The predicted octanol–water partition coefficient (Wildman–Crippen LogP) is -0.418. The first kappa shape index (κ1) is 14.8. The zero-order valence-corrected chi connectivity index (χ0v) is 12.7. The van der Waals surface area contributed by atoms with E-state index in [1.807, 2.05) is 0 Å². The number of amides is 1. The lowest BCUT2D eigenvalue weighted by atomic mass is 9.96. The van der Waals surface area contributed by atoms with Crippen molar-refractivity contribution in [2.75, 3.05) is 7.11 Å². The highest BCUT2D eigenvalue weighted by Gasteiger charge is 2.61. The molecule has 0 radical (unpaired) electrons. The lowest BCUT2D eigenvalue weighted by molar-refractivity contribution is -0.157. The Bertz CT molecular complexity index is 662. The quantitative estimate of drug-likeness (QED) is 0.586. The van der Waals surface area contributed by atoms with Gasteiger partial charge >= 0.3 is 11.9 Å². The van der Waals surface area contributed by atoms with Crippen LogP contribution in [-0.4, -0.2) is 66.1 Å². The van der Waals surface area contributed by atoms with Crippen LogP contribution >= 0.6 is 11.8 Å². The number of hydrogen-bond donors (Lipinski definition) is 1. The van der Waals surface area contributed by atoms with Gasteiger partial charge in [-0.3, -0.25) is 4.79 Å². The van der Waals surface area contributed by atoms with Crippen LogP contribution < -0.4 is 0 Å². The van der Waals surface area contributed by atoms with Gasteiger partial charge in [0.1, 0.15) is 6.04 Å². The number of carbonyl (C=O) groups excluding carboxylic acids is 2. The average molecular weight is 326 g/mol. The van der Waals surface area contributed by atoms with E-state index < -0.39 is 22.7 Å². The first-order valence-corrected chi connectivity index (χ1v) is 7.44. The molecule has 2 saturated heterocycles. The molecular weight excluding hydrogens is 312 g/mol. The summed E-state index contributed by atoms with van der Waals surface area (Å²) >= 11 is 1.43. The van der Waals surface area contributed by atoms with E-state index in [0.29, 0.717) is 6.42 Å². The van der Waals surface area contributed by atoms with E-state index in [1.165, 1.54) is 34.8 Å². The molecule has 3 unspecified atom stereocenters. The molecule has 0 bridgehead atoms. The number of nitrogens with zero attached hydrogens (tertiary/aromatic N) is 4. The number of ether oxygens (including phenoxy) is 1. The van der Waals surface area contributed by atoms with Crippen molar-refractivity contribution in [3.63, 3.8) is 0 Å². The third-order valence-electron chi connectivity index (χ3n) is 3.83. The maximum absolute atomic E-state index is 11.6. The van der Waals surface area contributed by atoms with Crippen LogP contribution in [0.3, 0.4) is 0 Å². The summed E-state index contributed by atoms with van der Waals surface area (Å²) in [5.74, 6) is -1.81. The van der Waals surface area contributed by atoms with Gasteiger partial charge in [0, 0.05) is 0 Å². The van der Waals surface area contributed by atoms with Crippen molar-refractivity contribution in [3.8, 4) is 0 Å². The van der Waals surface area contributed by atoms with Gasteiger partial charge in [0.2, 0.25) is 5.91 Å². The maximum Gasteiger partial charge on any atom is 0.360 e.